The van der Waals surface area contributed by atoms with E-state index in [1.165, 1.54) is 19.2 Å². The van der Waals surface area contributed by atoms with Crippen LogP contribution in [0.15, 0.2) is 48.5 Å². The van der Waals surface area contributed by atoms with Crippen molar-refractivity contribution >= 4 is 11.8 Å². The van der Waals surface area contributed by atoms with E-state index in [-0.39, 0.29) is 18.1 Å². The third kappa shape index (κ3) is 4.55. The first kappa shape index (κ1) is 17.5. The van der Waals surface area contributed by atoms with Crippen molar-refractivity contribution in [2.45, 2.75) is 18.9 Å². The summed E-state index contributed by atoms with van der Waals surface area (Å²) < 4.78 is 18.5. The highest BCUT2D eigenvalue weighted by Gasteiger charge is 2.19. The van der Waals surface area contributed by atoms with Crippen LogP contribution in [0.4, 0.5) is 4.39 Å². The molecule has 24 heavy (non-hydrogen) atoms. The van der Waals surface area contributed by atoms with Crippen molar-refractivity contribution in [2.75, 3.05) is 7.11 Å². The minimum atomic E-state index is -0.883. The summed E-state index contributed by atoms with van der Waals surface area (Å²) in [4.78, 5) is 23.6. The molecule has 0 bridgehead atoms. The van der Waals surface area contributed by atoms with Gasteiger partial charge in [0.05, 0.1) is 7.11 Å². The van der Waals surface area contributed by atoms with Crippen LogP contribution in [0.3, 0.4) is 0 Å². The Morgan fingerprint density at radius 3 is 2.50 bits per heavy atom. The van der Waals surface area contributed by atoms with E-state index >= 15 is 0 Å². The number of methoxy groups -OCH3 is 1. The summed E-state index contributed by atoms with van der Waals surface area (Å²) in [5, 5.41) is 2.61. The zero-order valence-electron chi connectivity index (χ0n) is 13.3. The lowest BCUT2D eigenvalue weighted by Crippen LogP contribution is -2.37. The number of primary amides is 1. The van der Waals surface area contributed by atoms with Gasteiger partial charge in [0.15, 0.2) is 11.6 Å². The van der Waals surface area contributed by atoms with Crippen molar-refractivity contribution in [3.8, 4) is 5.75 Å². The second kappa shape index (κ2) is 8.10. The fourth-order valence-corrected chi connectivity index (χ4v) is 2.32. The number of hydrogen-bond acceptors (Lipinski definition) is 3. The first-order valence-electron chi connectivity index (χ1n) is 7.47. The van der Waals surface area contributed by atoms with Gasteiger partial charge in [-0.05, 0) is 29.7 Å². The molecule has 0 aromatic heterocycles. The van der Waals surface area contributed by atoms with Gasteiger partial charge in [-0.15, -0.1) is 0 Å². The monoisotopic (exact) mass is 330 g/mol. The number of aryl methyl sites for hydroxylation is 1. The summed E-state index contributed by atoms with van der Waals surface area (Å²) in [5.41, 5.74) is 6.64. The van der Waals surface area contributed by atoms with Gasteiger partial charge in [-0.1, -0.05) is 36.4 Å². The van der Waals surface area contributed by atoms with Crippen LogP contribution < -0.4 is 15.8 Å². The van der Waals surface area contributed by atoms with Crippen LogP contribution in [0.2, 0.25) is 0 Å². The molecule has 0 saturated heterocycles. The molecule has 0 aliphatic heterocycles. The van der Waals surface area contributed by atoms with Crippen LogP contribution in [0.25, 0.3) is 0 Å². The molecule has 6 heteroatoms. The number of halogens is 1. The second-order valence-corrected chi connectivity index (χ2v) is 5.28. The highest BCUT2D eigenvalue weighted by atomic mass is 19.1. The number of carbonyl (C=O) groups excluding carboxylic acids is 2. The van der Waals surface area contributed by atoms with Crippen molar-refractivity contribution in [1.29, 1.82) is 0 Å². The van der Waals surface area contributed by atoms with E-state index < -0.39 is 17.8 Å². The van der Waals surface area contributed by atoms with Crippen LogP contribution in [0.1, 0.15) is 23.6 Å². The van der Waals surface area contributed by atoms with Gasteiger partial charge in [0.2, 0.25) is 11.8 Å². The fraction of sp³-hybridized carbons (Fsp3) is 0.222. The molecule has 5 nitrogen and oxygen atoms in total. The summed E-state index contributed by atoms with van der Waals surface area (Å²) in [6, 6.07) is 12.4. The van der Waals surface area contributed by atoms with Crippen LogP contribution in [0, 0.1) is 5.82 Å². The van der Waals surface area contributed by atoms with E-state index in [0.29, 0.717) is 17.5 Å². The molecule has 0 radical (unpaired) electrons. The number of ether oxygens (including phenoxy) is 1. The van der Waals surface area contributed by atoms with Gasteiger partial charge in [0, 0.05) is 6.42 Å². The van der Waals surface area contributed by atoms with Crippen LogP contribution in [-0.2, 0) is 16.0 Å². The molecule has 0 unspecified atom stereocenters. The van der Waals surface area contributed by atoms with Crippen LogP contribution in [-0.4, -0.2) is 18.9 Å². The topological polar surface area (TPSA) is 81.4 Å². The van der Waals surface area contributed by atoms with Crippen LogP contribution >= 0.6 is 0 Å². The normalized spacial score (nSPS) is 11.6. The zero-order valence-corrected chi connectivity index (χ0v) is 13.3. The largest absolute Gasteiger partial charge is 0.494 e. The number of carbonyl (C=O) groups is 2. The Labute approximate surface area is 139 Å². The Morgan fingerprint density at radius 2 is 1.92 bits per heavy atom. The molecule has 2 aromatic rings. The molecule has 2 aromatic carbocycles. The fourth-order valence-electron chi connectivity index (χ4n) is 2.32. The lowest BCUT2D eigenvalue weighted by atomic mass is 10.1. The molecule has 0 aliphatic carbocycles. The zero-order chi connectivity index (χ0) is 17.5. The Morgan fingerprint density at radius 1 is 1.21 bits per heavy atom. The summed E-state index contributed by atoms with van der Waals surface area (Å²) in [6.45, 7) is 0. The maximum absolute atomic E-state index is 13.6. The number of nitrogens with two attached hydrogens (primary N) is 1. The average Bonchev–Trinajstić information content (AvgIpc) is 2.58. The van der Waals surface area contributed by atoms with Gasteiger partial charge >= 0.3 is 0 Å². The molecule has 2 amide bonds. The third-order valence-electron chi connectivity index (χ3n) is 3.58. The summed E-state index contributed by atoms with van der Waals surface area (Å²) in [7, 11) is 1.39. The van der Waals surface area contributed by atoms with Gasteiger partial charge in [-0.2, -0.15) is 0 Å². The Bertz CT molecular complexity index is 719. The van der Waals surface area contributed by atoms with E-state index in [2.05, 4.69) is 5.32 Å². The molecule has 0 saturated carbocycles. The number of hydrogen-bond donors (Lipinski definition) is 2. The lowest BCUT2D eigenvalue weighted by molar-refractivity contribution is -0.127. The first-order valence-corrected chi connectivity index (χ1v) is 7.47. The summed E-state index contributed by atoms with van der Waals surface area (Å²) >= 11 is 0. The quantitative estimate of drug-likeness (QED) is 0.816. The Kier molecular flexibility index (Phi) is 5.89. The van der Waals surface area contributed by atoms with Crippen molar-refractivity contribution in [3.63, 3.8) is 0 Å². The summed E-state index contributed by atoms with van der Waals surface area (Å²) in [6.07, 6.45) is 0.454. The number of benzene rings is 2. The van der Waals surface area contributed by atoms with E-state index in [9.17, 15) is 14.0 Å². The Balaban J connectivity index is 1.97. The van der Waals surface area contributed by atoms with Crippen molar-refractivity contribution in [1.82, 2.24) is 5.32 Å². The molecule has 3 N–H and O–H groups in total. The molecule has 1 atom stereocenters. The van der Waals surface area contributed by atoms with Gasteiger partial charge in [-0.25, -0.2) is 4.39 Å². The maximum Gasteiger partial charge on any atom is 0.244 e. The smallest absolute Gasteiger partial charge is 0.244 e. The molecular weight excluding hydrogens is 311 g/mol. The minimum absolute atomic E-state index is 0.113. The van der Waals surface area contributed by atoms with E-state index in [1.54, 1.807) is 30.3 Å². The standard InChI is InChI=1S/C18H19FN2O3/c1-24-15-9-7-12(11-14(15)19)8-10-16(22)21-17(18(20)23)13-5-3-2-4-6-13/h2-7,9,11,17H,8,10H2,1H3,(H2,20,23)(H,21,22)/t17-/m1/s1. The maximum atomic E-state index is 13.6. The number of rotatable bonds is 7. The average molecular weight is 330 g/mol. The molecule has 0 heterocycles. The van der Waals surface area contributed by atoms with E-state index in [4.69, 9.17) is 10.5 Å². The van der Waals surface area contributed by atoms with Gasteiger partial charge in [-0.3, -0.25) is 9.59 Å². The van der Waals surface area contributed by atoms with Crippen molar-refractivity contribution in [3.05, 3.63) is 65.5 Å². The third-order valence-corrected chi connectivity index (χ3v) is 3.58. The summed E-state index contributed by atoms with van der Waals surface area (Å²) in [5.74, 6) is -1.29. The first-order chi connectivity index (χ1) is 11.5. The molecular formula is C18H19FN2O3. The SMILES string of the molecule is COc1ccc(CCC(=O)N[C@@H](C(N)=O)c2ccccc2)cc1F. The molecule has 2 rings (SSSR count). The van der Waals surface area contributed by atoms with Crippen molar-refractivity contribution in [2.24, 2.45) is 5.73 Å². The molecule has 0 aliphatic rings. The van der Waals surface area contributed by atoms with Gasteiger partial charge in [0.25, 0.3) is 0 Å². The predicted octanol–water partition coefficient (Wildman–Crippen LogP) is 2.11. The highest BCUT2D eigenvalue weighted by molar-refractivity contribution is 5.87. The van der Waals surface area contributed by atoms with E-state index in [0.717, 1.165) is 0 Å². The van der Waals surface area contributed by atoms with E-state index in [1.807, 2.05) is 6.07 Å². The molecule has 0 spiro atoms. The van der Waals surface area contributed by atoms with Gasteiger partial charge in [0.1, 0.15) is 6.04 Å². The second-order valence-electron chi connectivity index (χ2n) is 5.28. The minimum Gasteiger partial charge on any atom is -0.494 e. The van der Waals surface area contributed by atoms with Crippen LogP contribution in [0.5, 0.6) is 5.75 Å². The molecule has 0 fully saturated rings. The lowest BCUT2D eigenvalue weighted by Gasteiger charge is -2.16. The number of amides is 2. The molecule has 126 valence electrons. The predicted molar refractivity (Wildman–Crippen MR) is 87.8 cm³/mol. The van der Waals surface area contributed by atoms with Gasteiger partial charge < -0.3 is 15.8 Å². The highest BCUT2D eigenvalue weighted by Crippen LogP contribution is 2.19. The van der Waals surface area contributed by atoms with Crippen molar-refractivity contribution < 1.29 is 18.7 Å². The Hall–Kier alpha value is -2.89. The number of nitrogens with one attached hydrogen (secondary N) is 1.